The number of aryl methyl sites for hydroxylation is 2. The minimum Gasteiger partial charge on any atom is -0.339 e. The van der Waals surface area contributed by atoms with Gasteiger partial charge in [0.25, 0.3) is 12.3 Å². The summed E-state index contributed by atoms with van der Waals surface area (Å²) in [5.41, 5.74) is 5.67. The van der Waals surface area contributed by atoms with Crippen LogP contribution < -0.4 is 0 Å². The maximum atomic E-state index is 13.3. The molecule has 0 aromatic heterocycles. The molecule has 1 unspecified atom stereocenters. The molecular formula is C30H40F2N2O. The van der Waals surface area contributed by atoms with Crippen LogP contribution in [-0.4, -0.2) is 54.9 Å². The topological polar surface area (TPSA) is 23.6 Å². The molecule has 4 rings (SSSR count). The molecule has 0 bridgehead atoms. The number of amides is 1. The summed E-state index contributed by atoms with van der Waals surface area (Å²) in [6, 6.07) is 14.6. The molecule has 0 N–H and O–H groups in total. The molecule has 1 amide bonds. The van der Waals surface area contributed by atoms with Gasteiger partial charge in [0.1, 0.15) is 0 Å². The van der Waals surface area contributed by atoms with E-state index in [0.717, 1.165) is 31.2 Å². The fraction of sp³-hybridized carbons (Fsp3) is 0.567. The zero-order valence-corrected chi connectivity index (χ0v) is 21.7. The average Bonchev–Trinajstić information content (AvgIpc) is 2.80. The van der Waals surface area contributed by atoms with Crippen molar-refractivity contribution >= 4 is 5.91 Å². The summed E-state index contributed by atoms with van der Waals surface area (Å²) in [6.45, 7) is 11.2. The van der Waals surface area contributed by atoms with Gasteiger partial charge in [0.05, 0.1) is 6.54 Å². The lowest BCUT2D eigenvalue weighted by atomic mass is 9.68. The van der Waals surface area contributed by atoms with Gasteiger partial charge in [0, 0.05) is 31.7 Å². The Kier molecular flexibility index (Phi) is 7.95. The number of alkyl halides is 2. The maximum absolute atomic E-state index is 13.3. The molecule has 190 valence electrons. The number of likely N-dealkylation sites (tertiary alicyclic amines) is 2. The summed E-state index contributed by atoms with van der Waals surface area (Å²) in [7, 11) is 0. The lowest BCUT2D eigenvalue weighted by molar-refractivity contribution is -0.00795. The van der Waals surface area contributed by atoms with E-state index >= 15 is 0 Å². The van der Waals surface area contributed by atoms with Crippen LogP contribution in [-0.2, 0) is 6.42 Å². The molecule has 35 heavy (non-hydrogen) atoms. The Labute approximate surface area is 209 Å². The van der Waals surface area contributed by atoms with Gasteiger partial charge in [-0.1, -0.05) is 49.7 Å². The highest BCUT2D eigenvalue weighted by molar-refractivity contribution is 5.94. The second-order valence-corrected chi connectivity index (χ2v) is 11.4. The van der Waals surface area contributed by atoms with E-state index in [1.54, 1.807) is 0 Å². The first-order valence-corrected chi connectivity index (χ1v) is 13.1. The van der Waals surface area contributed by atoms with Crippen LogP contribution in [0.25, 0.3) is 0 Å². The smallest absolute Gasteiger partial charge is 0.253 e. The van der Waals surface area contributed by atoms with E-state index in [1.807, 2.05) is 21.9 Å². The van der Waals surface area contributed by atoms with Gasteiger partial charge in [-0.3, -0.25) is 9.69 Å². The Balaban J connectivity index is 1.46. The number of carbonyl (C=O) groups excluding carboxylic acids is 1. The molecule has 2 fully saturated rings. The SMILES string of the molecule is Cc1ccc(C2CN(CC(F)F)CC3(CCN(C(=O)c4ccc(CC(C)C)c(C)c4)CC3)C2)cc1. The summed E-state index contributed by atoms with van der Waals surface area (Å²) in [4.78, 5) is 17.2. The molecule has 2 heterocycles. The Bertz CT molecular complexity index is 1010. The summed E-state index contributed by atoms with van der Waals surface area (Å²) < 4.78 is 26.7. The molecule has 5 heteroatoms. The van der Waals surface area contributed by atoms with Gasteiger partial charge in [-0.2, -0.15) is 0 Å². The number of hydrogen-bond acceptors (Lipinski definition) is 2. The van der Waals surface area contributed by atoms with E-state index in [0.29, 0.717) is 32.1 Å². The molecule has 2 aromatic rings. The van der Waals surface area contributed by atoms with Crippen molar-refractivity contribution in [1.29, 1.82) is 0 Å². The Morgan fingerprint density at radius 2 is 1.74 bits per heavy atom. The third kappa shape index (κ3) is 6.30. The first-order chi connectivity index (χ1) is 16.6. The molecular weight excluding hydrogens is 442 g/mol. The molecule has 0 saturated carbocycles. The average molecular weight is 483 g/mol. The van der Waals surface area contributed by atoms with E-state index in [-0.39, 0.29) is 23.8 Å². The predicted molar refractivity (Wildman–Crippen MR) is 138 cm³/mol. The molecule has 2 aliphatic heterocycles. The first kappa shape index (κ1) is 25.8. The van der Waals surface area contributed by atoms with E-state index in [1.165, 1.54) is 22.3 Å². The van der Waals surface area contributed by atoms with Crippen molar-refractivity contribution in [2.45, 2.75) is 65.7 Å². The van der Waals surface area contributed by atoms with Gasteiger partial charge in [-0.05, 0) is 85.6 Å². The van der Waals surface area contributed by atoms with Gasteiger partial charge >= 0.3 is 0 Å². The molecule has 2 aromatic carbocycles. The third-order valence-electron chi connectivity index (χ3n) is 7.99. The van der Waals surface area contributed by atoms with E-state index in [9.17, 15) is 13.6 Å². The quantitative estimate of drug-likeness (QED) is 0.471. The van der Waals surface area contributed by atoms with Gasteiger partial charge in [0.15, 0.2) is 0 Å². The lowest BCUT2D eigenvalue weighted by Gasteiger charge is -2.50. The lowest BCUT2D eigenvalue weighted by Crippen LogP contribution is -2.53. The van der Waals surface area contributed by atoms with E-state index in [4.69, 9.17) is 0 Å². The zero-order chi connectivity index (χ0) is 25.2. The molecule has 2 saturated heterocycles. The van der Waals surface area contributed by atoms with E-state index < -0.39 is 6.43 Å². The number of rotatable bonds is 6. The number of benzene rings is 2. The minimum atomic E-state index is -2.33. The molecule has 0 radical (unpaired) electrons. The van der Waals surface area contributed by atoms with E-state index in [2.05, 4.69) is 58.0 Å². The summed E-state index contributed by atoms with van der Waals surface area (Å²) in [5, 5.41) is 0. The molecule has 3 nitrogen and oxygen atoms in total. The second kappa shape index (κ2) is 10.8. The number of carbonyl (C=O) groups is 1. The molecule has 1 spiro atoms. The maximum Gasteiger partial charge on any atom is 0.253 e. The highest BCUT2D eigenvalue weighted by Crippen LogP contribution is 2.45. The van der Waals surface area contributed by atoms with Crippen molar-refractivity contribution in [3.05, 3.63) is 70.3 Å². The van der Waals surface area contributed by atoms with Crippen molar-refractivity contribution < 1.29 is 13.6 Å². The van der Waals surface area contributed by atoms with Crippen molar-refractivity contribution in [2.24, 2.45) is 11.3 Å². The number of halogens is 2. The van der Waals surface area contributed by atoms with Crippen LogP contribution in [0.1, 0.15) is 71.6 Å². The monoisotopic (exact) mass is 482 g/mol. The first-order valence-electron chi connectivity index (χ1n) is 13.1. The van der Waals surface area contributed by atoms with Crippen molar-refractivity contribution in [3.63, 3.8) is 0 Å². The van der Waals surface area contributed by atoms with Crippen LogP contribution in [0.15, 0.2) is 42.5 Å². The van der Waals surface area contributed by atoms with Crippen LogP contribution in [0, 0.1) is 25.2 Å². The largest absolute Gasteiger partial charge is 0.339 e. The summed E-state index contributed by atoms with van der Waals surface area (Å²) in [6.07, 6.45) is 1.42. The number of nitrogens with zero attached hydrogens (tertiary/aromatic N) is 2. The van der Waals surface area contributed by atoms with Gasteiger partial charge in [-0.15, -0.1) is 0 Å². The second-order valence-electron chi connectivity index (χ2n) is 11.4. The van der Waals surface area contributed by atoms with Gasteiger partial charge < -0.3 is 4.90 Å². The Hall–Kier alpha value is -2.27. The fourth-order valence-electron chi connectivity index (χ4n) is 6.13. The molecule has 1 atom stereocenters. The van der Waals surface area contributed by atoms with Gasteiger partial charge in [-0.25, -0.2) is 8.78 Å². The van der Waals surface area contributed by atoms with Crippen molar-refractivity contribution in [3.8, 4) is 0 Å². The Morgan fingerprint density at radius 1 is 1.06 bits per heavy atom. The normalized spacial score (nSPS) is 20.7. The number of piperidine rings is 2. The van der Waals surface area contributed by atoms with Crippen LogP contribution in [0.5, 0.6) is 0 Å². The Morgan fingerprint density at radius 3 is 2.34 bits per heavy atom. The summed E-state index contributed by atoms with van der Waals surface area (Å²) >= 11 is 0. The fourth-order valence-corrected chi connectivity index (χ4v) is 6.13. The van der Waals surface area contributed by atoms with Crippen LogP contribution >= 0.6 is 0 Å². The van der Waals surface area contributed by atoms with Crippen molar-refractivity contribution in [2.75, 3.05) is 32.7 Å². The van der Waals surface area contributed by atoms with Crippen LogP contribution in [0.2, 0.25) is 0 Å². The van der Waals surface area contributed by atoms with Crippen LogP contribution in [0.4, 0.5) is 8.78 Å². The number of hydrogen-bond donors (Lipinski definition) is 0. The van der Waals surface area contributed by atoms with Crippen molar-refractivity contribution in [1.82, 2.24) is 9.80 Å². The third-order valence-corrected chi connectivity index (χ3v) is 7.99. The standard InChI is InChI=1S/C30H40F2N2O/c1-21(2)15-25-9-10-26(16-23(25)4)29(35)34-13-11-30(12-14-34)17-27(18-33(20-30)19-28(31)32)24-7-5-22(3)6-8-24/h5-10,16,21,27-28H,11-15,17-20H2,1-4H3. The zero-order valence-electron chi connectivity index (χ0n) is 21.7. The predicted octanol–water partition coefficient (Wildman–Crippen LogP) is 6.48. The molecule has 2 aliphatic rings. The van der Waals surface area contributed by atoms with Crippen LogP contribution in [0.3, 0.4) is 0 Å². The highest BCUT2D eigenvalue weighted by atomic mass is 19.3. The van der Waals surface area contributed by atoms with Gasteiger partial charge in [0.2, 0.25) is 0 Å². The summed E-state index contributed by atoms with van der Waals surface area (Å²) in [5.74, 6) is 0.924. The highest BCUT2D eigenvalue weighted by Gasteiger charge is 2.43. The molecule has 0 aliphatic carbocycles. The minimum absolute atomic E-state index is 0.0174.